The van der Waals surface area contributed by atoms with Gasteiger partial charge in [-0.3, -0.25) is 0 Å². The summed E-state index contributed by atoms with van der Waals surface area (Å²) in [5.41, 5.74) is 2.00. The maximum Gasteiger partial charge on any atom is 0.213 e. The third-order valence-electron chi connectivity index (χ3n) is 3.28. The predicted octanol–water partition coefficient (Wildman–Crippen LogP) is 4.19. The molecule has 0 heterocycles. The van der Waals surface area contributed by atoms with E-state index in [4.69, 9.17) is 4.84 Å². The van der Waals surface area contributed by atoms with E-state index in [1.54, 1.807) is 0 Å². The molecule has 2 nitrogen and oxygen atoms in total. The SMILES string of the molecule is C(#CC(O/N=C/C1CC1)c1ccccc1)c1ccccc1. The van der Waals surface area contributed by atoms with Gasteiger partial charge in [-0.15, -0.1) is 0 Å². The molecule has 0 saturated heterocycles. The zero-order valence-electron chi connectivity index (χ0n) is 11.8. The fraction of sp³-hybridized carbons (Fsp3) is 0.211. The van der Waals surface area contributed by atoms with Crippen LogP contribution in [0.4, 0.5) is 0 Å². The van der Waals surface area contributed by atoms with E-state index in [-0.39, 0.29) is 6.10 Å². The second-order valence-electron chi connectivity index (χ2n) is 5.12. The minimum atomic E-state index is -0.332. The van der Waals surface area contributed by atoms with Crippen molar-refractivity contribution in [3.8, 4) is 11.8 Å². The molecular weight excluding hydrogens is 258 g/mol. The first kappa shape index (κ1) is 13.5. The summed E-state index contributed by atoms with van der Waals surface area (Å²) in [4.78, 5) is 5.60. The van der Waals surface area contributed by atoms with Gasteiger partial charge >= 0.3 is 0 Å². The first-order valence-corrected chi connectivity index (χ1v) is 7.23. The summed E-state index contributed by atoms with van der Waals surface area (Å²) in [5, 5.41) is 4.09. The molecule has 3 rings (SSSR count). The Morgan fingerprint density at radius 2 is 1.67 bits per heavy atom. The summed E-state index contributed by atoms with van der Waals surface area (Å²) in [7, 11) is 0. The highest BCUT2D eigenvalue weighted by Crippen LogP contribution is 2.26. The van der Waals surface area contributed by atoms with Gasteiger partial charge in [0.1, 0.15) is 0 Å². The summed E-state index contributed by atoms with van der Waals surface area (Å²) in [6.07, 6.45) is 4.00. The van der Waals surface area contributed by atoms with Crippen molar-refractivity contribution in [3.05, 3.63) is 71.8 Å². The van der Waals surface area contributed by atoms with Gasteiger partial charge in [0.05, 0.1) is 0 Å². The summed E-state index contributed by atoms with van der Waals surface area (Å²) >= 11 is 0. The van der Waals surface area contributed by atoms with Crippen molar-refractivity contribution in [2.45, 2.75) is 18.9 Å². The van der Waals surface area contributed by atoms with E-state index >= 15 is 0 Å². The lowest BCUT2D eigenvalue weighted by Crippen LogP contribution is -1.98. The molecule has 0 aromatic heterocycles. The van der Waals surface area contributed by atoms with E-state index in [9.17, 15) is 0 Å². The predicted molar refractivity (Wildman–Crippen MR) is 84.8 cm³/mol. The van der Waals surface area contributed by atoms with E-state index in [0.29, 0.717) is 5.92 Å². The van der Waals surface area contributed by atoms with Crippen LogP contribution in [0, 0.1) is 17.8 Å². The molecule has 2 aromatic carbocycles. The van der Waals surface area contributed by atoms with Crippen LogP contribution in [0.15, 0.2) is 65.8 Å². The molecule has 104 valence electrons. The lowest BCUT2D eigenvalue weighted by Gasteiger charge is -2.08. The zero-order valence-corrected chi connectivity index (χ0v) is 11.8. The van der Waals surface area contributed by atoms with Crippen molar-refractivity contribution in [1.29, 1.82) is 0 Å². The normalized spacial score (nSPS) is 15.2. The maximum absolute atomic E-state index is 5.60. The van der Waals surface area contributed by atoms with E-state index in [2.05, 4.69) is 17.0 Å². The molecule has 1 aliphatic rings. The Kier molecular flexibility index (Phi) is 4.33. The topological polar surface area (TPSA) is 21.6 Å². The molecule has 1 atom stereocenters. The van der Waals surface area contributed by atoms with Gasteiger partial charge in [-0.05, 0) is 36.8 Å². The van der Waals surface area contributed by atoms with Gasteiger partial charge in [0.2, 0.25) is 6.10 Å². The number of benzene rings is 2. The Hall–Kier alpha value is -2.53. The third kappa shape index (κ3) is 4.22. The molecule has 1 unspecified atom stereocenters. The van der Waals surface area contributed by atoms with Crippen molar-refractivity contribution < 1.29 is 4.84 Å². The number of nitrogens with zero attached hydrogens (tertiary/aromatic N) is 1. The number of oxime groups is 1. The van der Waals surface area contributed by atoms with Gasteiger partial charge in [0.15, 0.2) is 0 Å². The number of rotatable bonds is 4. The van der Waals surface area contributed by atoms with E-state index < -0.39 is 0 Å². The van der Waals surface area contributed by atoms with Crippen molar-refractivity contribution in [2.24, 2.45) is 11.1 Å². The molecule has 0 spiro atoms. The largest absolute Gasteiger partial charge is 0.375 e. The molecule has 0 aliphatic heterocycles. The van der Waals surface area contributed by atoms with Crippen molar-refractivity contribution in [1.82, 2.24) is 0 Å². The summed E-state index contributed by atoms with van der Waals surface area (Å²) < 4.78 is 0. The number of hydrogen-bond acceptors (Lipinski definition) is 2. The molecule has 2 heteroatoms. The molecule has 0 bridgehead atoms. The minimum Gasteiger partial charge on any atom is -0.375 e. The van der Waals surface area contributed by atoms with Gasteiger partial charge in [-0.1, -0.05) is 59.6 Å². The molecule has 1 saturated carbocycles. The summed E-state index contributed by atoms with van der Waals surface area (Å²) in [5.74, 6) is 6.91. The molecule has 1 fully saturated rings. The van der Waals surface area contributed by atoms with Crippen LogP contribution in [-0.2, 0) is 4.84 Å². The highest BCUT2D eigenvalue weighted by molar-refractivity contribution is 5.62. The third-order valence-corrected chi connectivity index (χ3v) is 3.28. The monoisotopic (exact) mass is 275 g/mol. The minimum absolute atomic E-state index is 0.332. The fourth-order valence-electron chi connectivity index (χ4n) is 1.90. The van der Waals surface area contributed by atoms with Crippen molar-refractivity contribution in [3.63, 3.8) is 0 Å². The van der Waals surface area contributed by atoms with Gasteiger partial charge in [-0.25, -0.2) is 0 Å². The van der Waals surface area contributed by atoms with E-state index in [1.165, 1.54) is 12.8 Å². The van der Waals surface area contributed by atoms with Crippen LogP contribution in [0.2, 0.25) is 0 Å². The molecule has 0 amide bonds. The van der Waals surface area contributed by atoms with Gasteiger partial charge in [0, 0.05) is 17.3 Å². The fourth-order valence-corrected chi connectivity index (χ4v) is 1.90. The molecule has 21 heavy (non-hydrogen) atoms. The standard InChI is InChI=1S/C19H17NO/c1-3-7-16(8-4-1)13-14-19(18-9-5-2-6-10-18)21-20-15-17-11-12-17/h1-10,15,17,19H,11-12H2/b20-15+. The average Bonchev–Trinajstić information content (AvgIpc) is 3.37. The molecule has 0 radical (unpaired) electrons. The maximum atomic E-state index is 5.60. The van der Waals surface area contributed by atoms with Gasteiger partial charge in [-0.2, -0.15) is 0 Å². The second-order valence-corrected chi connectivity index (χ2v) is 5.12. The Morgan fingerprint density at radius 3 is 2.33 bits per heavy atom. The highest BCUT2D eigenvalue weighted by atomic mass is 16.6. The summed E-state index contributed by atoms with van der Waals surface area (Å²) in [6, 6.07) is 19.9. The van der Waals surface area contributed by atoms with E-state index in [0.717, 1.165) is 11.1 Å². The van der Waals surface area contributed by atoms with Crippen LogP contribution in [0.25, 0.3) is 0 Å². The van der Waals surface area contributed by atoms with Crippen LogP contribution in [-0.4, -0.2) is 6.21 Å². The molecule has 1 aliphatic carbocycles. The van der Waals surface area contributed by atoms with E-state index in [1.807, 2.05) is 66.9 Å². The Labute approximate surface area is 125 Å². The van der Waals surface area contributed by atoms with Crippen LogP contribution in [0.3, 0.4) is 0 Å². The Morgan fingerprint density at radius 1 is 1.00 bits per heavy atom. The lowest BCUT2D eigenvalue weighted by molar-refractivity contribution is 0.100. The van der Waals surface area contributed by atoms with Crippen LogP contribution in [0.5, 0.6) is 0 Å². The first-order valence-electron chi connectivity index (χ1n) is 7.23. The van der Waals surface area contributed by atoms with Crippen molar-refractivity contribution >= 4 is 6.21 Å². The Bertz CT molecular complexity index is 648. The highest BCUT2D eigenvalue weighted by Gasteiger charge is 2.19. The van der Waals surface area contributed by atoms with Crippen LogP contribution >= 0.6 is 0 Å². The Balaban J connectivity index is 1.76. The molecule has 2 aromatic rings. The summed E-state index contributed by atoms with van der Waals surface area (Å²) in [6.45, 7) is 0. The zero-order chi connectivity index (χ0) is 14.3. The average molecular weight is 275 g/mol. The molecule has 0 N–H and O–H groups in total. The lowest BCUT2D eigenvalue weighted by atomic mass is 10.1. The quantitative estimate of drug-likeness (QED) is 0.466. The van der Waals surface area contributed by atoms with Gasteiger partial charge in [0.25, 0.3) is 0 Å². The van der Waals surface area contributed by atoms with Crippen molar-refractivity contribution in [2.75, 3.05) is 0 Å². The second kappa shape index (κ2) is 6.76. The van der Waals surface area contributed by atoms with Crippen LogP contribution < -0.4 is 0 Å². The smallest absolute Gasteiger partial charge is 0.213 e. The van der Waals surface area contributed by atoms with Gasteiger partial charge < -0.3 is 4.84 Å². The number of hydrogen-bond donors (Lipinski definition) is 0. The van der Waals surface area contributed by atoms with Crippen LogP contribution in [0.1, 0.15) is 30.1 Å². The first-order chi connectivity index (χ1) is 10.4. The molecular formula is C19H17NO.